The summed E-state index contributed by atoms with van der Waals surface area (Å²) in [4.78, 5) is 0. The van der Waals surface area contributed by atoms with E-state index in [-0.39, 0.29) is 0 Å². The van der Waals surface area contributed by atoms with Crippen LogP contribution in [0.5, 0.6) is 0 Å². The first-order chi connectivity index (χ1) is 9.58. The summed E-state index contributed by atoms with van der Waals surface area (Å²) in [6.07, 6.45) is 1.78. The van der Waals surface area contributed by atoms with Crippen molar-refractivity contribution in [1.82, 2.24) is 20.0 Å². The lowest BCUT2D eigenvalue weighted by atomic mass is 10.0. The average molecular weight is 332 g/mol. The van der Waals surface area contributed by atoms with E-state index in [1.807, 2.05) is 38.2 Å². The van der Waals surface area contributed by atoms with Crippen molar-refractivity contribution in [2.45, 2.75) is 6.92 Å². The zero-order valence-electron chi connectivity index (χ0n) is 11.2. The molecule has 5 nitrogen and oxygen atoms in total. The largest absolute Gasteiger partial charge is 0.383 e. The monoisotopic (exact) mass is 331 g/mol. The molecule has 20 heavy (non-hydrogen) atoms. The summed E-state index contributed by atoms with van der Waals surface area (Å²) in [5.74, 6) is 0.638. The van der Waals surface area contributed by atoms with Gasteiger partial charge in [0.05, 0.1) is 11.8 Å². The highest BCUT2D eigenvalue weighted by Crippen LogP contribution is 2.37. The van der Waals surface area contributed by atoms with Crippen molar-refractivity contribution in [3.05, 3.63) is 40.6 Å². The third-order valence-electron chi connectivity index (χ3n) is 3.29. The molecule has 102 valence electrons. The Morgan fingerprint density at radius 1 is 1.35 bits per heavy atom. The van der Waals surface area contributed by atoms with Gasteiger partial charge in [0, 0.05) is 22.8 Å². The van der Waals surface area contributed by atoms with Gasteiger partial charge in [-0.2, -0.15) is 10.2 Å². The van der Waals surface area contributed by atoms with Crippen LogP contribution in [0.15, 0.2) is 34.9 Å². The fourth-order valence-corrected chi connectivity index (χ4v) is 2.64. The van der Waals surface area contributed by atoms with Crippen LogP contribution in [0.4, 0.5) is 5.82 Å². The van der Waals surface area contributed by atoms with Crippen molar-refractivity contribution in [3.8, 4) is 22.4 Å². The Bertz CT molecular complexity index is 772. The molecule has 6 heteroatoms. The highest BCUT2D eigenvalue weighted by atomic mass is 79.9. The summed E-state index contributed by atoms with van der Waals surface area (Å²) in [5, 5.41) is 11.5. The van der Waals surface area contributed by atoms with Crippen molar-refractivity contribution in [3.63, 3.8) is 0 Å². The molecule has 0 bridgehead atoms. The zero-order chi connectivity index (χ0) is 14.3. The number of nitrogens with zero attached hydrogens (tertiary/aromatic N) is 3. The third-order valence-corrected chi connectivity index (χ3v) is 3.78. The van der Waals surface area contributed by atoms with Gasteiger partial charge in [0.2, 0.25) is 0 Å². The molecule has 0 amide bonds. The summed E-state index contributed by atoms with van der Waals surface area (Å²) in [5.41, 5.74) is 10.9. The highest BCUT2D eigenvalue weighted by Gasteiger charge is 2.19. The van der Waals surface area contributed by atoms with E-state index < -0.39 is 0 Å². The molecule has 3 aromatic rings. The molecule has 0 fully saturated rings. The van der Waals surface area contributed by atoms with Crippen molar-refractivity contribution in [1.29, 1.82) is 0 Å². The average Bonchev–Trinajstić information content (AvgIpc) is 2.94. The fraction of sp³-hybridized carbons (Fsp3) is 0.143. The van der Waals surface area contributed by atoms with Crippen LogP contribution in [0.3, 0.4) is 0 Å². The molecular weight excluding hydrogens is 318 g/mol. The number of anilines is 1. The van der Waals surface area contributed by atoms with Crippen LogP contribution >= 0.6 is 15.9 Å². The number of aromatic amines is 1. The van der Waals surface area contributed by atoms with E-state index in [0.29, 0.717) is 5.82 Å². The number of aromatic nitrogens is 4. The molecule has 3 N–H and O–H groups in total. The first-order valence-corrected chi connectivity index (χ1v) is 6.96. The van der Waals surface area contributed by atoms with Gasteiger partial charge in [-0.1, -0.05) is 28.1 Å². The second-order valence-electron chi connectivity index (χ2n) is 4.65. The van der Waals surface area contributed by atoms with Crippen LogP contribution in [0.25, 0.3) is 22.4 Å². The Morgan fingerprint density at radius 3 is 2.80 bits per heavy atom. The smallest absolute Gasteiger partial charge is 0.129 e. The number of halogens is 1. The number of nitrogens with two attached hydrogens (primary N) is 1. The van der Waals surface area contributed by atoms with E-state index in [1.54, 1.807) is 10.9 Å². The van der Waals surface area contributed by atoms with Gasteiger partial charge >= 0.3 is 0 Å². The van der Waals surface area contributed by atoms with Gasteiger partial charge < -0.3 is 5.73 Å². The Kier molecular flexibility index (Phi) is 3.10. The maximum atomic E-state index is 6.20. The van der Waals surface area contributed by atoms with E-state index >= 15 is 0 Å². The minimum absolute atomic E-state index is 0.638. The molecule has 1 aromatic carbocycles. The molecule has 0 saturated heterocycles. The van der Waals surface area contributed by atoms with Gasteiger partial charge in [-0.3, -0.25) is 9.78 Å². The lowest BCUT2D eigenvalue weighted by Gasteiger charge is -2.04. The molecule has 2 heterocycles. The second kappa shape index (κ2) is 4.79. The van der Waals surface area contributed by atoms with Gasteiger partial charge in [-0.15, -0.1) is 0 Å². The highest BCUT2D eigenvalue weighted by molar-refractivity contribution is 9.10. The topological polar surface area (TPSA) is 72.5 Å². The van der Waals surface area contributed by atoms with Crippen LogP contribution < -0.4 is 5.73 Å². The van der Waals surface area contributed by atoms with Crippen LogP contribution in [0, 0.1) is 6.92 Å². The first-order valence-electron chi connectivity index (χ1n) is 6.16. The van der Waals surface area contributed by atoms with Gasteiger partial charge in [0.25, 0.3) is 0 Å². The first kappa shape index (κ1) is 12.9. The molecular formula is C14H14BrN5. The summed E-state index contributed by atoms with van der Waals surface area (Å²) in [6, 6.07) is 8.03. The van der Waals surface area contributed by atoms with E-state index in [0.717, 1.165) is 32.6 Å². The molecule has 0 spiro atoms. The van der Waals surface area contributed by atoms with Crippen molar-refractivity contribution >= 4 is 21.7 Å². The number of nitrogen functional groups attached to an aromatic ring is 1. The Hall–Kier alpha value is -2.08. The normalized spacial score (nSPS) is 10.9. The number of rotatable bonds is 2. The molecule has 0 atom stereocenters. The molecule has 0 aliphatic rings. The summed E-state index contributed by atoms with van der Waals surface area (Å²) in [6.45, 7) is 1.97. The molecule has 0 aliphatic heterocycles. The maximum absolute atomic E-state index is 6.20. The van der Waals surface area contributed by atoms with Gasteiger partial charge in [-0.05, 0) is 24.6 Å². The molecule has 3 rings (SSSR count). The standard InChI is InChI=1S/C14H14BrN5/c1-8-11(7-17-18-8)13-12(14(16)20(2)19-13)9-4-3-5-10(15)6-9/h3-7H,16H2,1-2H3,(H,17,18). The Labute approximate surface area is 124 Å². The quantitative estimate of drug-likeness (QED) is 0.757. The number of aryl methyl sites for hydroxylation is 2. The van der Waals surface area contributed by atoms with E-state index in [4.69, 9.17) is 5.73 Å². The van der Waals surface area contributed by atoms with Crippen molar-refractivity contribution < 1.29 is 0 Å². The fourth-order valence-electron chi connectivity index (χ4n) is 2.24. The lowest BCUT2D eigenvalue weighted by Crippen LogP contribution is -1.97. The van der Waals surface area contributed by atoms with Gasteiger partial charge in [0.15, 0.2) is 0 Å². The van der Waals surface area contributed by atoms with Crippen molar-refractivity contribution in [2.24, 2.45) is 7.05 Å². The third kappa shape index (κ3) is 2.02. The number of hydrogen-bond acceptors (Lipinski definition) is 3. The number of benzene rings is 1. The van der Waals surface area contributed by atoms with Crippen LogP contribution in [-0.2, 0) is 7.05 Å². The van der Waals surface area contributed by atoms with Crippen LogP contribution in [0.1, 0.15) is 5.69 Å². The number of hydrogen-bond donors (Lipinski definition) is 2. The predicted octanol–water partition coefficient (Wildman–Crippen LogP) is 3.13. The second-order valence-corrected chi connectivity index (χ2v) is 5.57. The summed E-state index contributed by atoms with van der Waals surface area (Å²) in [7, 11) is 1.84. The van der Waals surface area contributed by atoms with E-state index in [1.165, 1.54) is 0 Å². The molecule has 2 aromatic heterocycles. The van der Waals surface area contributed by atoms with Crippen LogP contribution in [0.2, 0.25) is 0 Å². The molecule has 0 saturated carbocycles. The van der Waals surface area contributed by atoms with E-state index in [9.17, 15) is 0 Å². The lowest BCUT2D eigenvalue weighted by molar-refractivity contribution is 0.782. The Balaban J connectivity index is 2.28. The van der Waals surface area contributed by atoms with Gasteiger partial charge in [-0.25, -0.2) is 0 Å². The maximum Gasteiger partial charge on any atom is 0.129 e. The molecule has 0 unspecified atom stereocenters. The van der Waals surface area contributed by atoms with Crippen molar-refractivity contribution in [2.75, 3.05) is 5.73 Å². The zero-order valence-corrected chi connectivity index (χ0v) is 12.8. The number of H-pyrrole nitrogens is 1. The predicted molar refractivity (Wildman–Crippen MR) is 83.1 cm³/mol. The molecule has 0 aliphatic carbocycles. The van der Waals surface area contributed by atoms with Crippen LogP contribution in [-0.4, -0.2) is 20.0 Å². The van der Waals surface area contributed by atoms with Gasteiger partial charge in [0.1, 0.15) is 11.5 Å². The number of nitrogens with one attached hydrogen (secondary N) is 1. The summed E-state index contributed by atoms with van der Waals surface area (Å²) >= 11 is 3.49. The summed E-state index contributed by atoms with van der Waals surface area (Å²) < 4.78 is 2.70. The Morgan fingerprint density at radius 2 is 2.15 bits per heavy atom. The minimum atomic E-state index is 0.638. The SMILES string of the molecule is Cc1[nH]ncc1-c1nn(C)c(N)c1-c1cccc(Br)c1. The minimum Gasteiger partial charge on any atom is -0.383 e. The van der Waals surface area contributed by atoms with E-state index in [2.05, 4.69) is 31.2 Å². The molecule has 0 radical (unpaired) electrons.